The molecule has 1 aliphatic carbocycles. The Balaban J connectivity index is 1.96. The van der Waals surface area contributed by atoms with Crippen molar-refractivity contribution in [1.82, 2.24) is 5.32 Å². The summed E-state index contributed by atoms with van der Waals surface area (Å²) in [6, 6.07) is 9.45. The Bertz CT molecular complexity index is 427. The van der Waals surface area contributed by atoms with E-state index in [0.29, 0.717) is 6.54 Å². The highest BCUT2D eigenvalue weighted by atomic mass is 16.5. The summed E-state index contributed by atoms with van der Waals surface area (Å²) in [4.78, 5) is 12.3. The number of hydrogen-bond donors (Lipinski definition) is 2. The fourth-order valence-electron chi connectivity index (χ4n) is 2.91. The van der Waals surface area contributed by atoms with Gasteiger partial charge in [-0.3, -0.25) is 4.79 Å². The molecule has 1 saturated carbocycles. The summed E-state index contributed by atoms with van der Waals surface area (Å²) in [7, 11) is 1.54. The average Bonchev–Trinajstić information content (AvgIpc) is 2.97. The van der Waals surface area contributed by atoms with Gasteiger partial charge in [0.05, 0.1) is 6.61 Å². The smallest absolute Gasteiger partial charge is 0.253 e. The quantitative estimate of drug-likeness (QED) is 0.836. The molecule has 2 rings (SSSR count). The van der Waals surface area contributed by atoms with Crippen molar-refractivity contribution in [3.05, 3.63) is 35.9 Å². The van der Waals surface area contributed by atoms with Gasteiger partial charge in [-0.15, -0.1) is 0 Å². The zero-order chi connectivity index (χ0) is 14.4. The summed E-state index contributed by atoms with van der Waals surface area (Å²) in [5, 5.41) is 12.5. The molecule has 20 heavy (non-hydrogen) atoms. The minimum Gasteiger partial charge on any atom is -0.396 e. The summed E-state index contributed by atoms with van der Waals surface area (Å²) < 4.78 is 5.31. The molecule has 1 amide bonds. The molecule has 0 radical (unpaired) electrons. The molecule has 1 unspecified atom stereocenters. The topological polar surface area (TPSA) is 58.6 Å². The second kappa shape index (κ2) is 6.86. The Labute approximate surface area is 120 Å². The molecule has 1 aromatic carbocycles. The monoisotopic (exact) mass is 277 g/mol. The fraction of sp³-hybridized carbons (Fsp3) is 0.562. The second-order valence-electron chi connectivity index (χ2n) is 5.61. The van der Waals surface area contributed by atoms with Gasteiger partial charge in [0.1, 0.15) is 0 Å². The average molecular weight is 277 g/mol. The van der Waals surface area contributed by atoms with E-state index in [1.807, 2.05) is 30.3 Å². The molecule has 0 saturated heterocycles. The maximum atomic E-state index is 12.3. The molecule has 1 aromatic rings. The van der Waals surface area contributed by atoms with E-state index >= 15 is 0 Å². The van der Waals surface area contributed by atoms with E-state index in [9.17, 15) is 9.90 Å². The minimum absolute atomic E-state index is 0.134. The Morgan fingerprint density at radius 1 is 1.35 bits per heavy atom. The largest absolute Gasteiger partial charge is 0.396 e. The van der Waals surface area contributed by atoms with Crippen LogP contribution < -0.4 is 5.32 Å². The van der Waals surface area contributed by atoms with Gasteiger partial charge in [0.15, 0.2) is 6.10 Å². The predicted molar refractivity (Wildman–Crippen MR) is 77.2 cm³/mol. The predicted octanol–water partition coefficient (Wildman–Crippen LogP) is 2.04. The molecule has 110 valence electrons. The second-order valence-corrected chi connectivity index (χ2v) is 5.61. The van der Waals surface area contributed by atoms with Crippen molar-refractivity contribution in [3.8, 4) is 0 Å². The lowest BCUT2D eigenvalue weighted by molar-refractivity contribution is -0.132. The van der Waals surface area contributed by atoms with Crippen molar-refractivity contribution in [3.63, 3.8) is 0 Å². The van der Waals surface area contributed by atoms with E-state index in [1.54, 1.807) is 0 Å². The number of carbonyl (C=O) groups excluding carboxylic acids is 1. The molecule has 0 spiro atoms. The summed E-state index contributed by atoms with van der Waals surface area (Å²) in [6.07, 6.45) is 3.62. The van der Waals surface area contributed by atoms with E-state index in [0.717, 1.165) is 31.2 Å². The van der Waals surface area contributed by atoms with Crippen LogP contribution in [-0.4, -0.2) is 31.3 Å². The summed E-state index contributed by atoms with van der Waals surface area (Å²) in [5.41, 5.74) is 0.710. The number of amides is 1. The first-order valence-corrected chi connectivity index (χ1v) is 7.17. The van der Waals surface area contributed by atoms with Crippen LogP contribution >= 0.6 is 0 Å². The van der Waals surface area contributed by atoms with Crippen LogP contribution in [-0.2, 0) is 9.53 Å². The van der Waals surface area contributed by atoms with Gasteiger partial charge in [0.25, 0.3) is 5.91 Å². The van der Waals surface area contributed by atoms with Crippen LogP contribution in [0.2, 0.25) is 0 Å². The van der Waals surface area contributed by atoms with Gasteiger partial charge in [-0.05, 0) is 18.4 Å². The van der Waals surface area contributed by atoms with Crippen LogP contribution in [0.4, 0.5) is 0 Å². The first-order valence-electron chi connectivity index (χ1n) is 7.17. The highest BCUT2D eigenvalue weighted by molar-refractivity contribution is 5.82. The van der Waals surface area contributed by atoms with Crippen molar-refractivity contribution in [1.29, 1.82) is 0 Å². The Morgan fingerprint density at radius 2 is 2.00 bits per heavy atom. The van der Waals surface area contributed by atoms with Crippen LogP contribution in [0.25, 0.3) is 0 Å². The van der Waals surface area contributed by atoms with E-state index in [1.165, 1.54) is 7.11 Å². The number of benzene rings is 1. The molecular formula is C16H23NO3. The van der Waals surface area contributed by atoms with Gasteiger partial charge >= 0.3 is 0 Å². The minimum atomic E-state index is -0.589. The van der Waals surface area contributed by atoms with Gasteiger partial charge in [-0.2, -0.15) is 0 Å². The Kier molecular flexibility index (Phi) is 5.15. The third-order valence-electron chi connectivity index (χ3n) is 4.21. The van der Waals surface area contributed by atoms with Crippen molar-refractivity contribution >= 4 is 5.91 Å². The third kappa shape index (κ3) is 3.38. The highest BCUT2D eigenvalue weighted by Crippen LogP contribution is 2.37. The van der Waals surface area contributed by atoms with Crippen molar-refractivity contribution in [2.45, 2.75) is 31.8 Å². The fourth-order valence-corrected chi connectivity index (χ4v) is 2.91. The van der Waals surface area contributed by atoms with Crippen LogP contribution in [0.3, 0.4) is 0 Å². The molecule has 2 N–H and O–H groups in total. The zero-order valence-electron chi connectivity index (χ0n) is 12.0. The van der Waals surface area contributed by atoms with Crippen LogP contribution in [0, 0.1) is 5.41 Å². The van der Waals surface area contributed by atoms with Gasteiger partial charge in [0, 0.05) is 19.1 Å². The molecule has 1 fully saturated rings. The number of rotatable bonds is 6. The van der Waals surface area contributed by atoms with Crippen LogP contribution in [0.15, 0.2) is 30.3 Å². The summed E-state index contributed by atoms with van der Waals surface area (Å²) in [5.74, 6) is -0.140. The molecule has 0 aliphatic heterocycles. The van der Waals surface area contributed by atoms with Crippen molar-refractivity contribution in [2.24, 2.45) is 5.41 Å². The summed E-state index contributed by atoms with van der Waals surface area (Å²) in [6.45, 7) is 0.658. The molecule has 4 nitrogen and oxygen atoms in total. The standard InChI is InChI=1S/C16H23NO3/c1-20-14(13-7-3-2-4-8-13)15(19)17-11-16(12-18)9-5-6-10-16/h2-4,7-8,14,18H,5-6,9-12H2,1H3,(H,17,19). The van der Waals surface area contributed by atoms with E-state index in [4.69, 9.17) is 4.74 Å². The molecule has 0 heterocycles. The normalized spacial score (nSPS) is 18.7. The first-order chi connectivity index (χ1) is 9.71. The van der Waals surface area contributed by atoms with Gasteiger partial charge < -0.3 is 15.2 Å². The lowest BCUT2D eigenvalue weighted by Gasteiger charge is -2.27. The summed E-state index contributed by atoms with van der Waals surface area (Å²) >= 11 is 0. The maximum Gasteiger partial charge on any atom is 0.253 e. The first kappa shape index (κ1) is 15.0. The van der Waals surface area contributed by atoms with Crippen LogP contribution in [0.5, 0.6) is 0 Å². The lowest BCUT2D eigenvalue weighted by Crippen LogP contribution is -2.40. The number of carbonyl (C=O) groups is 1. The number of nitrogens with one attached hydrogen (secondary N) is 1. The van der Waals surface area contributed by atoms with E-state index < -0.39 is 6.10 Å². The van der Waals surface area contributed by atoms with Crippen molar-refractivity contribution in [2.75, 3.05) is 20.3 Å². The molecule has 1 aliphatic rings. The number of aliphatic hydroxyl groups excluding tert-OH is 1. The molecule has 0 aromatic heterocycles. The van der Waals surface area contributed by atoms with E-state index in [-0.39, 0.29) is 17.9 Å². The Hall–Kier alpha value is -1.39. The highest BCUT2D eigenvalue weighted by Gasteiger charge is 2.34. The Morgan fingerprint density at radius 3 is 2.55 bits per heavy atom. The number of methoxy groups -OCH3 is 1. The molecular weight excluding hydrogens is 254 g/mol. The molecule has 1 atom stereocenters. The van der Waals surface area contributed by atoms with Gasteiger partial charge in [0.2, 0.25) is 0 Å². The number of hydrogen-bond acceptors (Lipinski definition) is 3. The maximum absolute atomic E-state index is 12.3. The zero-order valence-corrected chi connectivity index (χ0v) is 12.0. The van der Waals surface area contributed by atoms with Gasteiger partial charge in [-0.1, -0.05) is 43.2 Å². The molecule has 4 heteroatoms. The number of aliphatic hydroxyl groups is 1. The SMILES string of the molecule is COC(C(=O)NCC1(CO)CCCC1)c1ccccc1. The van der Waals surface area contributed by atoms with Crippen LogP contribution in [0.1, 0.15) is 37.4 Å². The lowest BCUT2D eigenvalue weighted by atomic mass is 9.87. The third-order valence-corrected chi connectivity index (χ3v) is 4.21. The van der Waals surface area contributed by atoms with E-state index in [2.05, 4.69) is 5.32 Å². The molecule has 0 bridgehead atoms. The van der Waals surface area contributed by atoms with Gasteiger partial charge in [-0.25, -0.2) is 0 Å². The number of ether oxygens (including phenoxy) is 1. The van der Waals surface area contributed by atoms with Crippen molar-refractivity contribution < 1.29 is 14.6 Å².